The molecule has 2 rings (SSSR count). The average molecular weight is 628 g/mol. The van der Waals surface area contributed by atoms with E-state index in [1.165, 1.54) is 0 Å². The van der Waals surface area contributed by atoms with Gasteiger partial charge in [-0.25, -0.2) is 4.79 Å². The van der Waals surface area contributed by atoms with Gasteiger partial charge in [0.15, 0.2) is 0 Å². The number of unbranched alkanes of at least 4 members (excludes halogenated alkanes) is 1. The molecule has 0 unspecified atom stereocenters. The first-order chi connectivity index (χ1) is 21.9. The number of allylic oxidation sites excluding steroid dienone is 10. The molecule has 1 aliphatic heterocycles. The molecule has 0 saturated carbocycles. The second kappa shape index (κ2) is 21.5. The summed E-state index contributed by atoms with van der Waals surface area (Å²) in [6, 6.07) is 8.12. The SMILES string of the molecule is C=C(/C=C(C#N)\C=C/CCC)CCC.C\C=C(C(/C(C)=N/C=C/CC)=C(/C)N1CCN(C(=O)OC(C)(C)C)CC1)\c1ccccn1. The first-order valence-corrected chi connectivity index (χ1v) is 16.6. The smallest absolute Gasteiger partial charge is 0.410 e. The molecular weight excluding hydrogens is 570 g/mol. The van der Waals surface area contributed by atoms with Crippen LogP contribution in [0.1, 0.15) is 100 Å². The quantitative estimate of drug-likeness (QED) is 0.131. The predicted molar refractivity (Wildman–Crippen MR) is 194 cm³/mol. The Bertz CT molecular complexity index is 1330. The van der Waals surface area contributed by atoms with Gasteiger partial charge >= 0.3 is 6.09 Å². The van der Waals surface area contributed by atoms with E-state index in [0.29, 0.717) is 18.7 Å². The van der Waals surface area contributed by atoms with Crippen LogP contribution < -0.4 is 0 Å². The summed E-state index contributed by atoms with van der Waals surface area (Å²) in [5.74, 6) is 0. The number of ether oxygens (including phenoxy) is 1. The van der Waals surface area contributed by atoms with Crippen LogP contribution in [0, 0.1) is 11.3 Å². The summed E-state index contributed by atoms with van der Waals surface area (Å²) in [6.07, 6.45) is 18.5. The number of hydrogen-bond donors (Lipinski definition) is 0. The maximum Gasteiger partial charge on any atom is 0.410 e. The predicted octanol–water partition coefficient (Wildman–Crippen LogP) is 9.85. The van der Waals surface area contributed by atoms with E-state index in [-0.39, 0.29) is 6.09 Å². The Labute approximate surface area is 279 Å². The van der Waals surface area contributed by atoms with Gasteiger partial charge in [0.05, 0.1) is 17.3 Å². The molecule has 0 aliphatic carbocycles. The van der Waals surface area contributed by atoms with Crippen molar-refractivity contribution in [3.63, 3.8) is 0 Å². The Morgan fingerprint density at radius 2 is 1.76 bits per heavy atom. The summed E-state index contributed by atoms with van der Waals surface area (Å²) in [5, 5.41) is 8.83. The average Bonchev–Trinajstić information content (AvgIpc) is 3.03. The van der Waals surface area contributed by atoms with E-state index in [1.54, 1.807) is 4.90 Å². The number of hydrogen-bond acceptors (Lipinski definition) is 6. The van der Waals surface area contributed by atoms with Crippen molar-refractivity contribution in [1.82, 2.24) is 14.8 Å². The van der Waals surface area contributed by atoms with Gasteiger partial charge in [0, 0.05) is 61.1 Å². The lowest BCUT2D eigenvalue weighted by molar-refractivity contribution is 0.0168. The Balaban J connectivity index is 0.000000636. The molecule has 0 spiro atoms. The standard InChI is InChI=1S/C26H38N4O2.C13H19N/c1-8-10-14-27-20(3)24(22(9-2)23-13-11-12-15-28-23)21(4)29-16-18-30(19-17-29)25(31)32-26(5,6)7;1-4-6-7-9-13(11-14)10-12(3)8-5-2/h9-15H,8,16-19H2,1-7H3;7,9-10H,3-6,8H2,1-2H3/b14-10+,22-9-,24-21-,27-20+;9-7-,13-10+. The fraction of sp³-hybridized carbons (Fsp3) is 0.487. The van der Waals surface area contributed by atoms with Crippen molar-refractivity contribution < 1.29 is 9.53 Å². The van der Waals surface area contributed by atoms with Gasteiger partial charge in [-0.15, -0.1) is 0 Å². The van der Waals surface area contributed by atoms with E-state index in [0.717, 1.165) is 79.0 Å². The minimum Gasteiger partial charge on any atom is -0.444 e. The molecule has 1 fully saturated rings. The van der Waals surface area contributed by atoms with Crippen molar-refractivity contribution in [3.05, 3.63) is 95.7 Å². The topological polar surface area (TPSA) is 81.8 Å². The normalized spacial score (nSPS) is 15.3. The molecule has 0 aromatic carbocycles. The van der Waals surface area contributed by atoms with Crippen LogP contribution in [-0.2, 0) is 4.74 Å². The lowest BCUT2D eigenvalue weighted by Crippen LogP contribution is -2.49. The van der Waals surface area contributed by atoms with Gasteiger partial charge in [-0.05, 0) is 85.1 Å². The van der Waals surface area contributed by atoms with Crippen molar-refractivity contribution in [2.24, 2.45) is 4.99 Å². The van der Waals surface area contributed by atoms with Crippen molar-refractivity contribution in [2.45, 2.75) is 100 Å². The van der Waals surface area contributed by atoms with Gasteiger partial charge in [-0.3, -0.25) is 9.98 Å². The molecule has 46 heavy (non-hydrogen) atoms. The number of rotatable bonds is 12. The molecule has 0 atom stereocenters. The largest absolute Gasteiger partial charge is 0.444 e. The molecule has 1 amide bonds. The Morgan fingerprint density at radius 1 is 1.09 bits per heavy atom. The number of piperazine rings is 1. The second-order valence-electron chi connectivity index (χ2n) is 12.2. The van der Waals surface area contributed by atoms with Crippen LogP contribution in [-0.4, -0.2) is 58.4 Å². The number of aliphatic imine (C=N–C) groups is 1. The maximum atomic E-state index is 12.4. The van der Waals surface area contributed by atoms with Crippen molar-refractivity contribution in [1.29, 1.82) is 5.26 Å². The molecule has 7 nitrogen and oxygen atoms in total. The van der Waals surface area contributed by atoms with Crippen LogP contribution in [0.15, 0.2) is 95.0 Å². The summed E-state index contributed by atoms with van der Waals surface area (Å²) in [4.78, 5) is 25.8. The highest BCUT2D eigenvalue weighted by Crippen LogP contribution is 2.28. The lowest BCUT2D eigenvalue weighted by atomic mass is 9.95. The fourth-order valence-electron chi connectivity index (χ4n) is 4.75. The molecule has 1 aromatic heterocycles. The fourth-order valence-corrected chi connectivity index (χ4v) is 4.75. The molecule has 1 saturated heterocycles. The van der Waals surface area contributed by atoms with Gasteiger partial charge in [-0.1, -0.05) is 70.1 Å². The minimum atomic E-state index is -0.486. The summed E-state index contributed by atoms with van der Waals surface area (Å²) in [6.45, 7) is 24.9. The summed E-state index contributed by atoms with van der Waals surface area (Å²) in [7, 11) is 0. The second-order valence-corrected chi connectivity index (χ2v) is 12.2. The summed E-state index contributed by atoms with van der Waals surface area (Å²) < 4.78 is 5.54. The number of aromatic nitrogens is 1. The van der Waals surface area contributed by atoms with Crippen LogP contribution in [0.25, 0.3) is 5.57 Å². The summed E-state index contributed by atoms with van der Waals surface area (Å²) >= 11 is 0. The van der Waals surface area contributed by atoms with Crippen LogP contribution in [0.2, 0.25) is 0 Å². The minimum absolute atomic E-state index is 0.246. The van der Waals surface area contributed by atoms with Gasteiger partial charge in [0.1, 0.15) is 5.60 Å². The van der Waals surface area contributed by atoms with Gasteiger partial charge in [0.25, 0.3) is 0 Å². The number of nitrogens with zero attached hydrogens (tertiary/aromatic N) is 5. The number of amides is 1. The molecule has 1 aromatic rings. The Hall–Kier alpha value is -4.18. The van der Waals surface area contributed by atoms with E-state index < -0.39 is 5.60 Å². The highest BCUT2D eigenvalue weighted by molar-refractivity contribution is 6.12. The highest BCUT2D eigenvalue weighted by atomic mass is 16.6. The lowest BCUT2D eigenvalue weighted by Gasteiger charge is -2.38. The molecule has 0 radical (unpaired) electrons. The molecule has 0 N–H and O–H groups in total. The van der Waals surface area contributed by atoms with Crippen LogP contribution in [0.4, 0.5) is 4.79 Å². The van der Waals surface area contributed by atoms with E-state index >= 15 is 0 Å². The Kier molecular flexibility index (Phi) is 18.7. The zero-order valence-corrected chi connectivity index (χ0v) is 29.9. The van der Waals surface area contributed by atoms with Gasteiger partial charge in [-0.2, -0.15) is 5.26 Å². The molecule has 1 aliphatic rings. The number of nitriles is 1. The third-order valence-electron chi connectivity index (χ3n) is 7.05. The monoisotopic (exact) mass is 627 g/mol. The molecule has 2 heterocycles. The van der Waals surface area contributed by atoms with Gasteiger partial charge < -0.3 is 14.5 Å². The third-order valence-corrected chi connectivity index (χ3v) is 7.05. The van der Waals surface area contributed by atoms with Crippen LogP contribution in [0.3, 0.4) is 0 Å². The highest BCUT2D eigenvalue weighted by Gasteiger charge is 2.27. The van der Waals surface area contributed by atoms with Gasteiger partial charge in [0.2, 0.25) is 0 Å². The molecule has 7 heteroatoms. The van der Waals surface area contributed by atoms with Crippen LogP contribution >= 0.6 is 0 Å². The van der Waals surface area contributed by atoms with E-state index in [9.17, 15) is 4.79 Å². The first-order valence-electron chi connectivity index (χ1n) is 16.6. The number of carbonyl (C=O) groups excluding carboxylic acids is 1. The zero-order valence-electron chi connectivity index (χ0n) is 29.9. The Morgan fingerprint density at radius 3 is 2.28 bits per heavy atom. The molecule has 0 bridgehead atoms. The number of pyridine rings is 1. The van der Waals surface area contributed by atoms with Crippen molar-refractivity contribution in [2.75, 3.05) is 26.2 Å². The molecular formula is C39H57N5O2. The third kappa shape index (κ3) is 14.7. The van der Waals surface area contributed by atoms with E-state index in [2.05, 4.69) is 56.3 Å². The summed E-state index contributed by atoms with van der Waals surface area (Å²) in [5.41, 5.74) is 6.40. The van der Waals surface area contributed by atoms with E-state index in [4.69, 9.17) is 15.0 Å². The number of carbonyl (C=O) groups is 1. The van der Waals surface area contributed by atoms with Crippen LogP contribution in [0.5, 0.6) is 0 Å². The van der Waals surface area contributed by atoms with Crippen molar-refractivity contribution >= 4 is 17.4 Å². The molecule has 250 valence electrons. The zero-order chi connectivity index (χ0) is 34.5. The maximum absolute atomic E-state index is 12.4. The first kappa shape index (κ1) is 39.8. The van der Waals surface area contributed by atoms with E-state index in [1.807, 2.05) is 89.5 Å². The van der Waals surface area contributed by atoms with Crippen molar-refractivity contribution in [3.8, 4) is 6.07 Å².